The molecule has 4 N–H and O–H groups in total. The summed E-state index contributed by atoms with van der Waals surface area (Å²) in [6.07, 6.45) is 3.70. The Labute approximate surface area is 194 Å². The van der Waals surface area contributed by atoms with Crippen molar-refractivity contribution < 1.29 is 18.7 Å². The summed E-state index contributed by atoms with van der Waals surface area (Å²) in [5.74, 6) is -0.644. The SMILES string of the molecule is CC(C)OC(=O)Nc1cnc2nc(-c3cc(NC(=O)[C@H](N)c4ccccc4)ccc3F)cn2c1. The second-order valence-corrected chi connectivity index (χ2v) is 7.83. The summed E-state index contributed by atoms with van der Waals surface area (Å²) in [7, 11) is 0. The summed E-state index contributed by atoms with van der Waals surface area (Å²) in [5.41, 5.74) is 7.94. The van der Waals surface area contributed by atoms with Crippen molar-refractivity contribution in [2.24, 2.45) is 5.73 Å². The largest absolute Gasteiger partial charge is 0.447 e. The van der Waals surface area contributed by atoms with Crippen molar-refractivity contribution in [3.8, 4) is 11.3 Å². The first-order valence-corrected chi connectivity index (χ1v) is 10.5. The first-order chi connectivity index (χ1) is 16.3. The predicted molar refractivity (Wildman–Crippen MR) is 126 cm³/mol. The minimum Gasteiger partial charge on any atom is -0.447 e. The molecule has 2 aromatic carbocycles. The van der Waals surface area contributed by atoms with Crippen LogP contribution >= 0.6 is 0 Å². The zero-order valence-electron chi connectivity index (χ0n) is 18.5. The highest BCUT2D eigenvalue weighted by atomic mass is 19.1. The van der Waals surface area contributed by atoms with Gasteiger partial charge in [0.1, 0.15) is 11.9 Å². The van der Waals surface area contributed by atoms with Crippen molar-refractivity contribution in [3.63, 3.8) is 0 Å². The molecule has 0 saturated carbocycles. The Bertz CT molecular complexity index is 1340. The lowest BCUT2D eigenvalue weighted by atomic mass is 10.1. The number of aromatic nitrogens is 3. The van der Waals surface area contributed by atoms with E-state index >= 15 is 0 Å². The number of hydrogen-bond donors (Lipinski definition) is 3. The minimum absolute atomic E-state index is 0.172. The van der Waals surface area contributed by atoms with Gasteiger partial charge < -0.3 is 15.8 Å². The van der Waals surface area contributed by atoms with Gasteiger partial charge in [0.25, 0.3) is 0 Å². The third kappa shape index (κ3) is 5.18. The van der Waals surface area contributed by atoms with E-state index in [1.807, 2.05) is 6.07 Å². The van der Waals surface area contributed by atoms with Crippen molar-refractivity contribution in [2.75, 3.05) is 10.6 Å². The van der Waals surface area contributed by atoms with E-state index in [1.54, 1.807) is 54.9 Å². The van der Waals surface area contributed by atoms with Crippen LogP contribution in [0.15, 0.2) is 67.1 Å². The summed E-state index contributed by atoms with van der Waals surface area (Å²) in [5, 5.41) is 5.29. The van der Waals surface area contributed by atoms with E-state index in [4.69, 9.17) is 10.5 Å². The van der Waals surface area contributed by atoms with Crippen LogP contribution in [0.1, 0.15) is 25.5 Å². The molecule has 0 unspecified atom stereocenters. The molecule has 0 bridgehead atoms. The number of benzene rings is 2. The summed E-state index contributed by atoms with van der Waals surface area (Å²) >= 11 is 0. The molecule has 2 heterocycles. The van der Waals surface area contributed by atoms with Gasteiger partial charge in [-0.3, -0.25) is 14.5 Å². The number of carbonyl (C=O) groups is 2. The average Bonchev–Trinajstić information content (AvgIpc) is 3.23. The number of carbonyl (C=O) groups excluding carboxylic acids is 2. The normalized spacial score (nSPS) is 11.9. The maximum Gasteiger partial charge on any atom is 0.411 e. The Balaban J connectivity index is 1.55. The highest BCUT2D eigenvalue weighted by molar-refractivity contribution is 5.96. The highest BCUT2D eigenvalue weighted by Crippen LogP contribution is 2.26. The van der Waals surface area contributed by atoms with Crippen molar-refractivity contribution in [1.29, 1.82) is 0 Å². The van der Waals surface area contributed by atoms with Crippen molar-refractivity contribution >= 4 is 29.2 Å². The molecule has 0 spiro atoms. The van der Waals surface area contributed by atoms with Crippen molar-refractivity contribution in [2.45, 2.75) is 26.0 Å². The lowest BCUT2D eigenvalue weighted by Gasteiger charge is -2.13. The molecular weight excluding hydrogens is 439 g/mol. The van der Waals surface area contributed by atoms with Gasteiger partial charge in [-0.2, -0.15) is 0 Å². The molecule has 2 amide bonds. The zero-order valence-corrected chi connectivity index (χ0v) is 18.5. The molecule has 34 heavy (non-hydrogen) atoms. The lowest BCUT2D eigenvalue weighted by Crippen LogP contribution is -2.27. The van der Waals surface area contributed by atoms with E-state index in [9.17, 15) is 14.0 Å². The van der Waals surface area contributed by atoms with Gasteiger partial charge in [-0.25, -0.2) is 19.2 Å². The quantitative estimate of drug-likeness (QED) is 0.396. The highest BCUT2D eigenvalue weighted by Gasteiger charge is 2.17. The van der Waals surface area contributed by atoms with E-state index in [0.717, 1.165) is 0 Å². The number of imidazole rings is 1. The van der Waals surface area contributed by atoms with E-state index in [-0.39, 0.29) is 11.7 Å². The summed E-state index contributed by atoms with van der Waals surface area (Å²) in [6.45, 7) is 3.48. The molecule has 0 aliphatic carbocycles. The summed E-state index contributed by atoms with van der Waals surface area (Å²) in [4.78, 5) is 32.9. The second-order valence-electron chi connectivity index (χ2n) is 7.83. The van der Waals surface area contributed by atoms with Crippen LogP contribution in [0.2, 0.25) is 0 Å². The van der Waals surface area contributed by atoms with E-state index in [1.165, 1.54) is 24.4 Å². The van der Waals surface area contributed by atoms with Crippen molar-refractivity contribution in [3.05, 3.63) is 78.5 Å². The molecule has 0 aliphatic heterocycles. The average molecular weight is 462 g/mol. The first-order valence-electron chi connectivity index (χ1n) is 10.5. The number of nitrogens with two attached hydrogens (primary N) is 1. The van der Waals surface area contributed by atoms with Crippen molar-refractivity contribution in [1.82, 2.24) is 14.4 Å². The standard InChI is InChI=1S/C24H23FN6O3/c1-14(2)34-24(33)29-17-11-27-23-30-20(13-31(23)12-17)18-10-16(8-9-19(18)25)28-22(32)21(26)15-6-4-3-5-7-15/h3-14,21H,26H2,1-2H3,(H,28,32)(H,29,33)/t21-/m1/s1. The molecule has 0 fully saturated rings. The molecular formula is C24H23FN6O3. The van der Waals surface area contributed by atoms with E-state index in [0.29, 0.717) is 28.4 Å². The summed E-state index contributed by atoms with van der Waals surface area (Å²) in [6, 6.07) is 12.2. The van der Waals surface area contributed by atoms with E-state index in [2.05, 4.69) is 20.6 Å². The number of amides is 2. The molecule has 10 heteroatoms. The summed E-state index contributed by atoms with van der Waals surface area (Å²) < 4.78 is 21.2. The van der Waals surface area contributed by atoms with Gasteiger partial charge >= 0.3 is 6.09 Å². The molecule has 1 atom stereocenters. The van der Waals surface area contributed by atoms with Crippen LogP contribution in [-0.4, -0.2) is 32.5 Å². The molecule has 4 rings (SSSR count). The Morgan fingerprint density at radius 2 is 1.82 bits per heavy atom. The van der Waals surface area contributed by atoms with Gasteiger partial charge in [0.15, 0.2) is 0 Å². The second kappa shape index (κ2) is 9.67. The number of rotatable bonds is 6. The number of anilines is 2. The molecule has 0 radical (unpaired) electrons. The third-order valence-corrected chi connectivity index (χ3v) is 4.85. The van der Waals surface area contributed by atoms with Crippen LogP contribution in [0.4, 0.5) is 20.6 Å². The maximum absolute atomic E-state index is 14.6. The van der Waals surface area contributed by atoms with Crippen LogP contribution in [0, 0.1) is 5.82 Å². The number of nitrogens with zero attached hydrogens (tertiary/aromatic N) is 3. The monoisotopic (exact) mass is 462 g/mol. The zero-order chi connectivity index (χ0) is 24.2. The number of halogens is 1. The maximum atomic E-state index is 14.6. The number of hydrogen-bond acceptors (Lipinski definition) is 6. The third-order valence-electron chi connectivity index (χ3n) is 4.85. The molecule has 0 aliphatic rings. The number of nitrogens with one attached hydrogen (secondary N) is 2. The fourth-order valence-corrected chi connectivity index (χ4v) is 3.27. The van der Waals surface area contributed by atoms with Gasteiger partial charge in [0.2, 0.25) is 11.7 Å². The Kier molecular flexibility index (Phi) is 6.51. The van der Waals surface area contributed by atoms with Crippen LogP contribution in [0.25, 0.3) is 17.0 Å². The van der Waals surface area contributed by atoms with Gasteiger partial charge in [-0.15, -0.1) is 0 Å². The Hall–Kier alpha value is -4.31. The minimum atomic E-state index is -0.873. The lowest BCUT2D eigenvalue weighted by molar-refractivity contribution is -0.117. The van der Waals surface area contributed by atoms with E-state index < -0.39 is 23.9 Å². The molecule has 0 saturated heterocycles. The number of ether oxygens (including phenoxy) is 1. The predicted octanol–water partition coefficient (Wildman–Crippen LogP) is 4.13. The topological polar surface area (TPSA) is 124 Å². The van der Waals surface area contributed by atoms with Gasteiger partial charge in [0.05, 0.1) is 23.7 Å². The van der Waals surface area contributed by atoms with Crippen LogP contribution in [0.3, 0.4) is 0 Å². The van der Waals surface area contributed by atoms with Crippen LogP contribution in [-0.2, 0) is 9.53 Å². The molecule has 4 aromatic rings. The van der Waals surface area contributed by atoms with Crippen LogP contribution in [0.5, 0.6) is 0 Å². The van der Waals surface area contributed by atoms with Gasteiger partial charge in [-0.1, -0.05) is 30.3 Å². The molecule has 174 valence electrons. The molecule has 9 nitrogen and oxygen atoms in total. The fourth-order valence-electron chi connectivity index (χ4n) is 3.27. The number of fused-ring (bicyclic) bond motifs is 1. The first kappa shape index (κ1) is 22.9. The van der Waals surface area contributed by atoms with Crippen LogP contribution < -0.4 is 16.4 Å². The van der Waals surface area contributed by atoms with Gasteiger partial charge in [0, 0.05) is 23.6 Å². The fraction of sp³-hybridized carbons (Fsp3) is 0.167. The molecule has 2 aromatic heterocycles. The Morgan fingerprint density at radius 1 is 1.06 bits per heavy atom. The Morgan fingerprint density at radius 3 is 2.56 bits per heavy atom. The smallest absolute Gasteiger partial charge is 0.411 e. The van der Waals surface area contributed by atoms with Gasteiger partial charge in [-0.05, 0) is 37.6 Å².